The summed E-state index contributed by atoms with van der Waals surface area (Å²) in [7, 11) is 0. The van der Waals surface area contributed by atoms with Gasteiger partial charge < -0.3 is 9.88 Å². The molecule has 0 atom stereocenters. The minimum atomic E-state index is 0.650. The highest BCUT2D eigenvalue weighted by Crippen LogP contribution is 2.32. The smallest absolute Gasteiger partial charge is 0.106 e. The van der Waals surface area contributed by atoms with Gasteiger partial charge in [-0.1, -0.05) is 49.4 Å². The first-order valence-electron chi connectivity index (χ1n) is 10.1. The van der Waals surface area contributed by atoms with Crippen molar-refractivity contribution in [3.63, 3.8) is 0 Å². The maximum absolute atomic E-state index is 4.84. The standard InChI is InChI=1S/C23H29N3/c1-2-22-24-21-12-6-11-20(23(21)25-22)19-13-16-26(17-14-19)15-7-10-18-8-4-3-5-9-18/h3-6,8-9,11-12,19H,2,7,10,13-17H2,1H3,(H,24,25). The number of benzene rings is 2. The Morgan fingerprint density at radius 2 is 1.85 bits per heavy atom. The third-order valence-corrected chi connectivity index (χ3v) is 5.74. The Morgan fingerprint density at radius 3 is 2.62 bits per heavy atom. The molecule has 136 valence electrons. The zero-order chi connectivity index (χ0) is 17.8. The van der Waals surface area contributed by atoms with E-state index in [1.165, 1.54) is 67.5 Å². The Labute approximate surface area is 156 Å². The summed E-state index contributed by atoms with van der Waals surface area (Å²) >= 11 is 0. The van der Waals surface area contributed by atoms with Crippen LogP contribution in [0.3, 0.4) is 0 Å². The van der Waals surface area contributed by atoms with Gasteiger partial charge in [0.05, 0.1) is 11.0 Å². The second kappa shape index (κ2) is 8.05. The van der Waals surface area contributed by atoms with Crippen molar-refractivity contribution in [2.45, 2.75) is 44.9 Å². The van der Waals surface area contributed by atoms with Crippen molar-refractivity contribution >= 4 is 11.0 Å². The zero-order valence-corrected chi connectivity index (χ0v) is 15.7. The lowest BCUT2D eigenvalue weighted by Gasteiger charge is -2.32. The first-order valence-corrected chi connectivity index (χ1v) is 10.1. The van der Waals surface area contributed by atoms with Gasteiger partial charge in [-0.15, -0.1) is 0 Å². The van der Waals surface area contributed by atoms with Crippen LogP contribution in [0, 0.1) is 0 Å². The maximum atomic E-state index is 4.84. The summed E-state index contributed by atoms with van der Waals surface area (Å²) in [6.45, 7) is 5.79. The molecule has 2 heterocycles. The number of fused-ring (bicyclic) bond motifs is 1. The molecule has 0 radical (unpaired) electrons. The first kappa shape index (κ1) is 17.3. The summed E-state index contributed by atoms with van der Waals surface area (Å²) in [5.74, 6) is 1.75. The van der Waals surface area contributed by atoms with Crippen molar-refractivity contribution in [3.05, 3.63) is 65.5 Å². The minimum Gasteiger partial charge on any atom is -0.342 e. The van der Waals surface area contributed by atoms with Crippen LogP contribution in [0.4, 0.5) is 0 Å². The van der Waals surface area contributed by atoms with E-state index in [-0.39, 0.29) is 0 Å². The molecular weight excluding hydrogens is 318 g/mol. The molecule has 3 nitrogen and oxygen atoms in total. The van der Waals surface area contributed by atoms with E-state index in [0.717, 1.165) is 12.2 Å². The lowest BCUT2D eigenvalue weighted by Crippen LogP contribution is -2.33. The van der Waals surface area contributed by atoms with Crippen LogP contribution in [0.25, 0.3) is 11.0 Å². The number of para-hydroxylation sites is 1. The molecule has 3 heteroatoms. The number of imidazole rings is 1. The fourth-order valence-electron chi connectivity index (χ4n) is 4.22. The van der Waals surface area contributed by atoms with Crippen molar-refractivity contribution in [2.75, 3.05) is 19.6 Å². The predicted molar refractivity (Wildman–Crippen MR) is 109 cm³/mol. The lowest BCUT2D eigenvalue weighted by molar-refractivity contribution is 0.210. The van der Waals surface area contributed by atoms with Gasteiger partial charge in [0.25, 0.3) is 0 Å². The Kier molecular flexibility index (Phi) is 5.35. The van der Waals surface area contributed by atoms with Crippen LogP contribution in [0.5, 0.6) is 0 Å². The highest BCUT2D eigenvalue weighted by molar-refractivity contribution is 5.79. The SMILES string of the molecule is CCc1nc2c(C3CCN(CCCc4ccccc4)CC3)cccc2[nH]1. The Hall–Kier alpha value is -2.13. The zero-order valence-electron chi connectivity index (χ0n) is 15.7. The van der Waals surface area contributed by atoms with Gasteiger partial charge in [0.2, 0.25) is 0 Å². The van der Waals surface area contributed by atoms with Gasteiger partial charge in [0.1, 0.15) is 5.82 Å². The molecule has 3 aromatic rings. The summed E-state index contributed by atoms with van der Waals surface area (Å²) in [5.41, 5.74) is 5.30. The van der Waals surface area contributed by atoms with Gasteiger partial charge in [-0.2, -0.15) is 0 Å². The number of aromatic amines is 1. The summed E-state index contributed by atoms with van der Waals surface area (Å²) in [5, 5.41) is 0. The summed E-state index contributed by atoms with van der Waals surface area (Å²) in [6, 6.07) is 17.5. The number of hydrogen-bond acceptors (Lipinski definition) is 2. The fraction of sp³-hybridized carbons (Fsp3) is 0.435. The van der Waals surface area contributed by atoms with Crippen molar-refractivity contribution in [3.8, 4) is 0 Å². The summed E-state index contributed by atoms with van der Waals surface area (Å²) < 4.78 is 0. The number of rotatable bonds is 6. The topological polar surface area (TPSA) is 31.9 Å². The van der Waals surface area contributed by atoms with E-state index in [1.54, 1.807) is 0 Å². The largest absolute Gasteiger partial charge is 0.342 e. The van der Waals surface area contributed by atoms with Gasteiger partial charge in [0.15, 0.2) is 0 Å². The number of likely N-dealkylation sites (tertiary alicyclic amines) is 1. The predicted octanol–water partition coefficient (Wildman–Crippen LogP) is 4.94. The van der Waals surface area contributed by atoms with Crippen LogP contribution in [0.15, 0.2) is 48.5 Å². The van der Waals surface area contributed by atoms with Crippen molar-refractivity contribution in [1.82, 2.24) is 14.9 Å². The fourth-order valence-corrected chi connectivity index (χ4v) is 4.22. The third-order valence-electron chi connectivity index (χ3n) is 5.74. The quantitative estimate of drug-likeness (QED) is 0.685. The van der Waals surface area contributed by atoms with Gasteiger partial charge >= 0.3 is 0 Å². The number of nitrogens with one attached hydrogen (secondary N) is 1. The number of nitrogens with zero attached hydrogens (tertiary/aromatic N) is 2. The molecule has 1 aliphatic rings. The normalized spacial score (nSPS) is 16.3. The molecular formula is C23H29N3. The first-order chi connectivity index (χ1) is 12.8. The highest BCUT2D eigenvalue weighted by Gasteiger charge is 2.22. The van der Waals surface area contributed by atoms with E-state index in [4.69, 9.17) is 4.98 Å². The van der Waals surface area contributed by atoms with E-state index >= 15 is 0 Å². The number of aryl methyl sites for hydroxylation is 2. The molecule has 1 aromatic heterocycles. The maximum Gasteiger partial charge on any atom is 0.106 e. The molecule has 1 saturated heterocycles. The van der Waals surface area contributed by atoms with E-state index in [1.807, 2.05) is 0 Å². The van der Waals surface area contributed by atoms with Crippen LogP contribution in [-0.4, -0.2) is 34.5 Å². The van der Waals surface area contributed by atoms with Crippen LogP contribution in [-0.2, 0) is 12.8 Å². The Morgan fingerprint density at radius 1 is 1.04 bits per heavy atom. The Bertz CT molecular complexity index is 829. The van der Waals surface area contributed by atoms with Crippen LogP contribution in [0.2, 0.25) is 0 Å². The molecule has 26 heavy (non-hydrogen) atoms. The van der Waals surface area contributed by atoms with Crippen LogP contribution >= 0.6 is 0 Å². The Balaban J connectivity index is 1.33. The number of H-pyrrole nitrogens is 1. The van der Waals surface area contributed by atoms with Crippen LogP contribution < -0.4 is 0 Å². The summed E-state index contributed by atoms with van der Waals surface area (Å²) in [6.07, 6.45) is 5.90. The van der Waals surface area contributed by atoms with E-state index in [0.29, 0.717) is 5.92 Å². The number of hydrogen-bond donors (Lipinski definition) is 1. The molecule has 2 aromatic carbocycles. The molecule has 1 aliphatic heterocycles. The lowest BCUT2D eigenvalue weighted by atomic mass is 9.88. The number of aromatic nitrogens is 2. The molecule has 1 fully saturated rings. The monoisotopic (exact) mass is 347 g/mol. The second-order valence-corrected chi connectivity index (χ2v) is 7.49. The summed E-state index contributed by atoms with van der Waals surface area (Å²) in [4.78, 5) is 10.9. The average molecular weight is 348 g/mol. The second-order valence-electron chi connectivity index (χ2n) is 7.49. The highest BCUT2D eigenvalue weighted by atomic mass is 15.1. The molecule has 0 spiro atoms. The van der Waals surface area contributed by atoms with Gasteiger partial charge in [-0.3, -0.25) is 0 Å². The van der Waals surface area contributed by atoms with Crippen molar-refractivity contribution in [1.29, 1.82) is 0 Å². The van der Waals surface area contributed by atoms with E-state index in [9.17, 15) is 0 Å². The number of piperidine rings is 1. The average Bonchev–Trinajstić information content (AvgIpc) is 3.13. The molecule has 0 aliphatic carbocycles. The molecule has 4 rings (SSSR count). The van der Waals surface area contributed by atoms with E-state index in [2.05, 4.69) is 65.3 Å². The molecule has 0 saturated carbocycles. The molecule has 0 amide bonds. The van der Waals surface area contributed by atoms with Crippen molar-refractivity contribution < 1.29 is 0 Å². The molecule has 0 unspecified atom stereocenters. The third kappa shape index (κ3) is 3.83. The molecule has 1 N–H and O–H groups in total. The van der Waals surface area contributed by atoms with Crippen molar-refractivity contribution in [2.24, 2.45) is 0 Å². The van der Waals surface area contributed by atoms with Crippen LogP contribution in [0.1, 0.15) is 49.1 Å². The van der Waals surface area contributed by atoms with E-state index < -0.39 is 0 Å². The van der Waals surface area contributed by atoms with Gasteiger partial charge in [-0.05, 0) is 68.4 Å². The van der Waals surface area contributed by atoms with Gasteiger partial charge in [0, 0.05) is 6.42 Å². The van der Waals surface area contributed by atoms with Gasteiger partial charge in [-0.25, -0.2) is 4.98 Å². The minimum absolute atomic E-state index is 0.650. The molecule has 0 bridgehead atoms.